The van der Waals surface area contributed by atoms with Crippen molar-refractivity contribution in [2.45, 2.75) is 30.0 Å². The van der Waals surface area contributed by atoms with Crippen LogP contribution in [-0.4, -0.2) is 19.9 Å². The highest BCUT2D eigenvalue weighted by atomic mass is 32.2. The zero-order valence-corrected chi connectivity index (χ0v) is 11.2. The average molecular weight is 267 g/mol. The zero-order chi connectivity index (χ0) is 13.3. The number of aromatic nitrogens is 3. The van der Waals surface area contributed by atoms with Gasteiger partial charge >= 0.3 is 0 Å². The quantitative estimate of drug-likeness (QED) is 0.928. The molecule has 1 aromatic heterocycles. The Morgan fingerprint density at radius 2 is 2.11 bits per heavy atom. The molecule has 0 saturated heterocycles. The van der Waals surface area contributed by atoms with Crippen LogP contribution in [0.25, 0.3) is 0 Å². The number of benzene rings is 1. The molecular weight excluding hydrogens is 253 g/mol. The van der Waals surface area contributed by atoms with Gasteiger partial charge in [0.25, 0.3) is 0 Å². The van der Waals surface area contributed by atoms with Crippen LogP contribution in [0.2, 0.25) is 0 Å². The number of aliphatic hydroxyl groups excluding tert-OH is 1. The lowest BCUT2D eigenvalue weighted by molar-refractivity contribution is 0.198. The van der Waals surface area contributed by atoms with Gasteiger partial charge in [-0.3, -0.25) is 0 Å². The Hall–Kier alpha value is -1.40. The van der Waals surface area contributed by atoms with E-state index in [-0.39, 0.29) is 5.82 Å². The largest absolute Gasteiger partial charge is 0.389 e. The second kappa shape index (κ2) is 5.07. The smallest absolute Gasteiger partial charge is 0.195 e. The minimum absolute atomic E-state index is 0.362. The van der Waals surface area contributed by atoms with Crippen molar-refractivity contribution in [2.75, 3.05) is 0 Å². The number of aryl methyl sites for hydroxylation is 1. The van der Waals surface area contributed by atoms with Crippen molar-refractivity contribution in [3.63, 3.8) is 0 Å². The molecule has 0 radical (unpaired) electrons. The first-order valence-corrected chi connectivity index (χ1v) is 6.32. The van der Waals surface area contributed by atoms with Crippen molar-refractivity contribution >= 4 is 11.8 Å². The van der Waals surface area contributed by atoms with Gasteiger partial charge < -0.3 is 9.67 Å². The summed E-state index contributed by atoms with van der Waals surface area (Å²) in [6.07, 6.45) is -0.671. The Bertz CT molecular complexity index is 568. The highest BCUT2D eigenvalue weighted by Crippen LogP contribution is 2.29. The molecule has 1 N–H and O–H groups in total. The third kappa shape index (κ3) is 2.54. The van der Waals surface area contributed by atoms with E-state index in [1.54, 1.807) is 23.6 Å². The number of nitrogens with zero attached hydrogens (tertiary/aromatic N) is 3. The molecule has 2 rings (SSSR count). The predicted octanol–water partition coefficient (Wildman–Crippen LogP) is 2.47. The molecule has 6 heteroatoms. The highest BCUT2D eigenvalue weighted by Gasteiger charge is 2.12. The maximum atomic E-state index is 13.8. The van der Waals surface area contributed by atoms with E-state index in [1.807, 2.05) is 14.0 Å². The summed E-state index contributed by atoms with van der Waals surface area (Å²) in [5.74, 6) is 0.414. The number of hydrogen-bond donors (Lipinski definition) is 1. The van der Waals surface area contributed by atoms with E-state index in [0.717, 1.165) is 5.82 Å². The summed E-state index contributed by atoms with van der Waals surface area (Å²) < 4.78 is 15.6. The van der Waals surface area contributed by atoms with E-state index < -0.39 is 6.10 Å². The molecule has 0 bridgehead atoms. The van der Waals surface area contributed by atoms with E-state index in [9.17, 15) is 9.50 Å². The molecule has 0 amide bonds. The summed E-state index contributed by atoms with van der Waals surface area (Å²) in [7, 11) is 1.83. The van der Waals surface area contributed by atoms with Crippen LogP contribution in [-0.2, 0) is 7.05 Å². The minimum atomic E-state index is -0.671. The lowest BCUT2D eigenvalue weighted by Gasteiger charge is -2.07. The molecule has 96 valence electrons. The van der Waals surface area contributed by atoms with Crippen LogP contribution in [0, 0.1) is 12.7 Å². The summed E-state index contributed by atoms with van der Waals surface area (Å²) in [5, 5.41) is 17.9. The van der Waals surface area contributed by atoms with Crippen LogP contribution in [0.5, 0.6) is 0 Å². The van der Waals surface area contributed by atoms with Crippen LogP contribution in [0.15, 0.2) is 28.3 Å². The lowest BCUT2D eigenvalue weighted by atomic mass is 10.1. The summed E-state index contributed by atoms with van der Waals surface area (Å²) in [6, 6.07) is 4.70. The monoisotopic (exact) mass is 267 g/mol. The molecule has 0 saturated carbocycles. The fourth-order valence-electron chi connectivity index (χ4n) is 1.43. The van der Waals surface area contributed by atoms with Crippen LogP contribution in [0.1, 0.15) is 24.4 Å². The molecule has 0 fully saturated rings. The number of aliphatic hydroxyl groups is 1. The van der Waals surface area contributed by atoms with Crippen molar-refractivity contribution < 1.29 is 9.50 Å². The second-order valence-corrected chi connectivity index (χ2v) is 5.07. The van der Waals surface area contributed by atoms with Crippen LogP contribution >= 0.6 is 11.8 Å². The standard InChI is InChI=1S/C12H14FN3OS/c1-7(17)9-4-5-11(10(13)6-9)18-12-15-14-8(2)16(12)3/h4-7,17H,1-3H3/t7-/m1/s1. The van der Waals surface area contributed by atoms with Crippen molar-refractivity contribution in [1.82, 2.24) is 14.8 Å². The molecule has 0 aliphatic heterocycles. The average Bonchev–Trinajstić information content (AvgIpc) is 2.63. The zero-order valence-electron chi connectivity index (χ0n) is 10.4. The first-order valence-electron chi connectivity index (χ1n) is 5.50. The molecule has 18 heavy (non-hydrogen) atoms. The van der Waals surface area contributed by atoms with Gasteiger partial charge in [0.1, 0.15) is 11.6 Å². The molecule has 2 aromatic rings. The molecule has 0 aliphatic carbocycles. The van der Waals surface area contributed by atoms with E-state index in [2.05, 4.69) is 10.2 Å². The Morgan fingerprint density at radius 3 is 2.61 bits per heavy atom. The van der Waals surface area contributed by atoms with Crippen molar-refractivity contribution in [2.24, 2.45) is 7.05 Å². The molecular formula is C12H14FN3OS. The maximum absolute atomic E-state index is 13.8. The number of rotatable bonds is 3. The fourth-order valence-corrected chi connectivity index (χ4v) is 2.27. The molecule has 0 spiro atoms. The van der Waals surface area contributed by atoms with Gasteiger partial charge in [-0.1, -0.05) is 6.07 Å². The van der Waals surface area contributed by atoms with E-state index in [1.165, 1.54) is 17.8 Å². The highest BCUT2D eigenvalue weighted by molar-refractivity contribution is 7.99. The number of hydrogen-bond acceptors (Lipinski definition) is 4. The van der Waals surface area contributed by atoms with E-state index >= 15 is 0 Å². The second-order valence-electron chi connectivity index (χ2n) is 4.06. The van der Waals surface area contributed by atoms with Crippen LogP contribution < -0.4 is 0 Å². The van der Waals surface area contributed by atoms with Gasteiger partial charge in [-0.05, 0) is 43.3 Å². The molecule has 1 atom stereocenters. The van der Waals surface area contributed by atoms with Gasteiger partial charge in [-0.2, -0.15) is 0 Å². The van der Waals surface area contributed by atoms with Crippen molar-refractivity contribution in [3.05, 3.63) is 35.4 Å². The first kappa shape index (κ1) is 13.0. The topological polar surface area (TPSA) is 50.9 Å². The minimum Gasteiger partial charge on any atom is -0.389 e. The Balaban J connectivity index is 2.27. The molecule has 0 unspecified atom stereocenters. The molecule has 4 nitrogen and oxygen atoms in total. The summed E-state index contributed by atoms with van der Waals surface area (Å²) in [6.45, 7) is 3.44. The first-order chi connectivity index (χ1) is 8.49. The Labute approximate surface area is 109 Å². The molecule has 1 heterocycles. The predicted molar refractivity (Wildman–Crippen MR) is 66.9 cm³/mol. The van der Waals surface area contributed by atoms with E-state index in [0.29, 0.717) is 15.6 Å². The van der Waals surface area contributed by atoms with Gasteiger partial charge in [0.2, 0.25) is 0 Å². The summed E-state index contributed by atoms with van der Waals surface area (Å²) >= 11 is 1.21. The van der Waals surface area contributed by atoms with Gasteiger partial charge in [0.15, 0.2) is 5.16 Å². The van der Waals surface area contributed by atoms with Gasteiger partial charge in [-0.25, -0.2) is 4.39 Å². The van der Waals surface area contributed by atoms with Crippen LogP contribution in [0.3, 0.4) is 0 Å². The number of halogens is 1. The Kier molecular flexibility index (Phi) is 3.68. The lowest BCUT2D eigenvalue weighted by Crippen LogP contribution is -1.95. The molecule has 0 aliphatic rings. The Morgan fingerprint density at radius 1 is 1.39 bits per heavy atom. The fraction of sp³-hybridized carbons (Fsp3) is 0.333. The van der Waals surface area contributed by atoms with Crippen molar-refractivity contribution in [3.8, 4) is 0 Å². The third-order valence-electron chi connectivity index (χ3n) is 2.69. The molecule has 1 aromatic carbocycles. The van der Waals surface area contributed by atoms with Crippen molar-refractivity contribution in [1.29, 1.82) is 0 Å². The summed E-state index contributed by atoms with van der Waals surface area (Å²) in [5.41, 5.74) is 0.561. The van der Waals surface area contributed by atoms with Gasteiger partial charge in [-0.15, -0.1) is 10.2 Å². The van der Waals surface area contributed by atoms with Gasteiger partial charge in [0.05, 0.1) is 11.0 Å². The third-order valence-corrected chi connectivity index (χ3v) is 3.78. The summed E-state index contributed by atoms with van der Waals surface area (Å²) in [4.78, 5) is 0.468. The van der Waals surface area contributed by atoms with Gasteiger partial charge in [0, 0.05) is 7.05 Å². The maximum Gasteiger partial charge on any atom is 0.195 e. The van der Waals surface area contributed by atoms with E-state index in [4.69, 9.17) is 0 Å². The SMILES string of the molecule is Cc1nnc(Sc2ccc([C@@H](C)O)cc2F)n1C. The van der Waals surface area contributed by atoms with Crippen LogP contribution in [0.4, 0.5) is 4.39 Å². The normalized spacial score (nSPS) is 12.7.